The van der Waals surface area contributed by atoms with Gasteiger partial charge in [0.2, 0.25) is 0 Å². The third-order valence-electron chi connectivity index (χ3n) is 5.18. The van der Waals surface area contributed by atoms with Crippen molar-refractivity contribution in [3.05, 3.63) is 90.0 Å². The minimum atomic E-state index is -0.139. The second-order valence-corrected chi connectivity index (χ2v) is 6.81. The molecule has 1 amide bonds. The lowest BCUT2D eigenvalue weighted by atomic mass is 9.77. The SMILES string of the molecule is C=CC(=O)N1N=C2/C(=C/c3ccccc3)CCC[C@H]2[C@@H]1c1ccccc1. The van der Waals surface area contributed by atoms with Crippen molar-refractivity contribution in [1.29, 1.82) is 0 Å². The smallest absolute Gasteiger partial charge is 0.266 e. The molecular formula is C23H22N2O. The van der Waals surface area contributed by atoms with Crippen LogP contribution in [0, 0.1) is 5.92 Å². The summed E-state index contributed by atoms with van der Waals surface area (Å²) in [7, 11) is 0. The van der Waals surface area contributed by atoms with Gasteiger partial charge in [-0.2, -0.15) is 5.10 Å². The number of hydrogen-bond donors (Lipinski definition) is 0. The number of allylic oxidation sites excluding steroid dienone is 1. The van der Waals surface area contributed by atoms with Gasteiger partial charge in [0, 0.05) is 5.92 Å². The first-order valence-corrected chi connectivity index (χ1v) is 9.13. The van der Waals surface area contributed by atoms with E-state index < -0.39 is 0 Å². The molecule has 0 radical (unpaired) electrons. The van der Waals surface area contributed by atoms with Gasteiger partial charge < -0.3 is 0 Å². The first kappa shape index (κ1) is 16.5. The van der Waals surface area contributed by atoms with E-state index in [0.29, 0.717) is 0 Å². The summed E-state index contributed by atoms with van der Waals surface area (Å²) in [6.07, 6.45) is 6.74. The Morgan fingerprint density at radius 3 is 2.46 bits per heavy atom. The normalized spacial score (nSPS) is 23.5. The van der Waals surface area contributed by atoms with Gasteiger partial charge in [0.05, 0.1) is 11.8 Å². The zero-order valence-corrected chi connectivity index (χ0v) is 14.7. The fraction of sp³-hybridized carbons (Fsp3) is 0.217. The lowest BCUT2D eigenvalue weighted by Crippen LogP contribution is -2.30. The largest absolute Gasteiger partial charge is 0.268 e. The Hall–Kier alpha value is -2.94. The van der Waals surface area contributed by atoms with E-state index in [1.54, 1.807) is 5.01 Å². The summed E-state index contributed by atoms with van der Waals surface area (Å²) in [6, 6.07) is 20.5. The topological polar surface area (TPSA) is 32.7 Å². The molecule has 1 heterocycles. The molecule has 2 aliphatic rings. The number of benzene rings is 2. The van der Waals surface area contributed by atoms with Crippen LogP contribution in [0.25, 0.3) is 6.08 Å². The Balaban J connectivity index is 1.76. The summed E-state index contributed by atoms with van der Waals surface area (Å²) in [4.78, 5) is 12.5. The molecule has 0 spiro atoms. The molecule has 0 bridgehead atoms. The zero-order valence-electron chi connectivity index (χ0n) is 14.7. The third-order valence-corrected chi connectivity index (χ3v) is 5.18. The van der Waals surface area contributed by atoms with Crippen molar-refractivity contribution in [2.24, 2.45) is 11.0 Å². The predicted molar refractivity (Wildman–Crippen MR) is 105 cm³/mol. The maximum atomic E-state index is 12.5. The molecule has 0 N–H and O–H groups in total. The molecule has 3 heteroatoms. The fourth-order valence-corrected chi connectivity index (χ4v) is 4.01. The van der Waals surface area contributed by atoms with Gasteiger partial charge in [0.15, 0.2) is 0 Å². The van der Waals surface area contributed by atoms with Crippen LogP contribution in [0.3, 0.4) is 0 Å². The summed E-state index contributed by atoms with van der Waals surface area (Å²) in [5, 5.41) is 6.41. The number of hydrogen-bond acceptors (Lipinski definition) is 2. The van der Waals surface area contributed by atoms with Gasteiger partial charge in [-0.1, -0.05) is 67.2 Å². The molecule has 3 nitrogen and oxygen atoms in total. The first-order valence-electron chi connectivity index (χ1n) is 9.13. The van der Waals surface area contributed by atoms with Crippen LogP contribution in [0.1, 0.15) is 36.4 Å². The van der Waals surface area contributed by atoms with E-state index in [1.165, 1.54) is 17.2 Å². The molecule has 4 rings (SSSR count). The standard InChI is InChI=1S/C23H22N2O/c1-2-21(26)25-23(18-12-7-4-8-13-18)20-15-9-14-19(22(20)24-25)16-17-10-5-3-6-11-17/h2-8,10-13,16,20,23H,1,9,14-15H2/b19-16+/t20-,23+/m1/s1. The highest BCUT2D eigenvalue weighted by molar-refractivity contribution is 6.08. The minimum absolute atomic E-state index is 0.0452. The maximum Gasteiger partial charge on any atom is 0.266 e. The molecule has 2 aromatic carbocycles. The van der Waals surface area contributed by atoms with E-state index >= 15 is 0 Å². The van der Waals surface area contributed by atoms with Crippen LogP contribution in [-0.2, 0) is 4.79 Å². The molecule has 1 fully saturated rings. The number of fused-ring (bicyclic) bond motifs is 1. The molecule has 1 aliphatic carbocycles. The van der Waals surface area contributed by atoms with Crippen molar-refractivity contribution in [2.75, 3.05) is 0 Å². The lowest BCUT2D eigenvalue weighted by molar-refractivity contribution is -0.128. The average molecular weight is 342 g/mol. The number of rotatable bonds is 3. The lowest BCUT2D eigenvalue weighted by Gasteiger charge is -2.29. The van der Waals surface area contributed by atoms with Crippen LogP contribution >= 0.6 is 0 Å². The third kappa shape index (κ3) is 3.01. The highest BCUT2D eigenvalue weighted by Gasteiger charge is 2.42. The van der Waals surface area contributed by atoms with Gasteiger partial charge in [-0.05, 0) is 48.1 Å². The van der Waals surface area contributed by atoms with Crippen LogP contribution in [0.15, 0.2) is 84.0 Å². The van der Waals surface area contributed by atoms with Crippen molar-refractivity contribution in [3.63, 3.8) is 0 Å². The Kier molecular flexibility index (Phi) is 4.53. The Labute approximate surface area is 154 Å². The van der Waals surface area contributed by atoms with Crippen LogP contribution < -0.4 is 0 Å². The fourth-order valence-electron chi connectivity index (χ4n) is 4.01. The quantitative estimate of drug-likeness (QED) is 0.723. The second kappa shape index (κ2) is 7.12. The minimum Gasteiger partial charge on any atom is -0.268 e. The first-order chi connectivity index (χ1) is 12.8. The van der Waals surface area contributed by atoms with Crippen molar-refractivity contribution in [1.82, 2.24) is 5.01 Å². The van der Waals surface area contributed by atoms with Crippen molar-refractivity contribution < 1.29 is 4.79 Å². The van der Waals surface area contributed by atoms with E-state index in [2.05, 4.69) is 36.9 Å². The van der Waals surface area contributed by atoms with Crippen molar-refractivity contribution >= 4 is 17.7 Å². The van der Waals surface area contributed by atoms with Gasteiger partial charge in [-0.3, -0.25) is 4.79 Å². The molecule has 0 unspecified atom stereocenters. The van der Waals surface area contributed by atoms with Gasteiger partial charge in [-0.25, -0.2) is 5.01 Å². The van der Waals surface area contributed by atoms with E-state index in [4.69, 9.17) is 5.10 Å². The highest BCUT2D eigenvalue weighted by atomic mass is 16.2. The molecule has 2 aromatic rings. The van der Waals surface area contributed by atoms with E-state index in [1.807, 2.05) is 36.4 Å². The van der Waals surface area contributed by atoms with Crippen LogP contribution in [0.4, 0.5) is 0 Å². The van der Waals surface area contributed by atoms with E-state index in [-0.39, 0.29) is 17.9 Å². The molecular weight excluding hydrogens is 320 g/mol. The van der Waals surface area contributed by atoms with Gasteiger partial charge in [-0.15, -0.1) is 0 Å². The van der Waals surface area contributed by atoms with Crippen LogP contribution in [-0.4, -0.2) is 16.6 Å². The molecule has 2 atom stereocenters. The number of carbonyl (C=O) groups is 1. The summed E-state index contributed by atoms with van der Waals surface area (Å²) in [5.41, 5.74) is 4.61. The highest BCUT2D eigenvalue weighted by Crippen LogP contribution is 2.44. The van der Waals surface area contributed by atoms with Crippen LogP contribution in [0.2, 0.25) is 0 Å². The summed E-state index contributed by atoms with van der Waals surface area (Å²) >= 11 is 0. The predicted octanol–water partition coefficient (Wildman–Crippen LogP) is 5.00. The Bertz CT molecular complexity index is 868. The molecule has 26 heavy (non-hydrogen) atoms. The second-order valence-electron chi connectivity index (χ2n) is 6.81. The van der Waals surface area contributed by atoms with Crippen molar-refractivity contribution in [3.8, 4) is 0 Å². The van der Waals surface area contributed by atoms with Gasteiger partial charge >= 0.3 is 0 Å². The van der Waals surface area contributed by atoms with Crippen molar-refractivity contribution in [2.45, 2.75) is 25.3 Å². The van der Waals surface area contributed by atoms with Crippen LogP contribution in [0.5, 0.6) is 0 Å². The molecule has 0 aromatic heterocycles. The molecule has 0 saturated heterocycles. The summed E-state index contributed by atoms with van der Waals surface area (Å²) < 4.78 is 0. The Morgan fingerprint density at radius 1 is 1.08 bits per heavy atom. The number of carbonyl (C=O) groups excluding carboxylic acids is 1. The molecule has 1 aliphatic heterocycles. The van der Waals surface area contributed by atoms with E-state index in [9.17, 15) is 4.79 Å². The number of hydrazone groups is 1. The number of amides is 1. The molecule has 1 saturated carbocycles. The molecule has 130 valence electrons. The number of nitrogens with zero attached hydrogens (tertiary/aromatic N) is 2. The monoisotopic (exact) mass is 342 g/mol. The zero-order chi connectivity index (χ0) is 17.9. The average Bonchev–Trinajstić information content (AvgIpc) is 3.09. The van der Waals surface area contributed by atoms with Gasteiger partial charge in [0.25, 0.3) is 5.91 Å². The summed E-state index contributed by atoms with van der Waals surface area (Å²) in [5.74, 6) is 0.102. The summed E-state index contributed by atoms with van der Waals surface area (Å²) in [6.45, 7) is 3.66. The van der Waals surface area contributed by atoms with Gasteiger partial charge in [0.1, 0.15) is 0 Å². The van der Waals surface area contributed by atoms with E-state index in [0.717, 1.165) is 30.5 Å². The maximum absolute atomic E-state index is 12.5. The Morgan fingerprint density at radius 2 is 1.77 bits per heavy atom.